The number of methoxy groups -OCH3 is 2. The van der Waals surface area contributed by atoms with Crippen molar-refractivity contribution in [2.24, 2.45) is 5.92 Å². The zero-order valence-corrected chi connectivity index (χ0v) is 13.0. The molecule has 4 nitrogen and oxygen atoms in total. The molecule has 0 saturated carbocycles. The maximum absolute atomic E-state index is 11.0. The van der Waals surface area contributed by atoms with Gasteiger partial charge in [0.05, 0.1) is 32.8 Å². The number of esters is 1. The molecule has 0 amide bonds. The van der Waals surface area contributed by atoms with Crippen molar-refractivity contribution < 1.29 is 19.0 Å². The van der Waals surface area contributed by atoms with Gasteiger partial charge in [0.1, 0.15) is 0 Å². The molecule has 0 heterocycles. The number of ether oxygens (including phenoxy) is 3. The molecule has 0 fully saturated rings. The highest BCUT2D eigenvalue weighted by Gasteiger charge is 2.14. The van der Waals surface area contributed by atoms with Gasteiger partial charge in [-0.25, -0.2) is 0 Å². The lowest BCUT2D eigenvalue weighted by atomic mass is 10.0. The first-order valence-electron chi connectivity index (χ1n) is 7.05. The quantitative estimate of drug-likeness (QED) is 0.518. The van der Waals surface area contributed by atoms with Crippen molar-refractivity contribution in [3.05, 3.63) is 48.0 Å². The molecule has 0 unspecified atom stereocenters. The molecule has 0 spiro atoms. The van der Waals surface area contributed by atoms with Gasteiger partial charge in [-0.3, -0.25) is 4.79 Å². The van der Waals surface area contributed by atoms with Crippen LogP contribution in [0.4, 0.5) is 0 Å². The maximum atomic E-state index is 11.0. The SMILES string of the molecule is COC(=O)C/C=C/[C@@H](C)[C@@H](COCc1ccccc1)OC. The van der Waals surface area contributed by atoms with Crippen molar-refractivity contribution in [3.63, 3.8) is 0 Å². The Morgan fingerprint density at radius 2 is 1.95 bits per heavy atom. The standard InChI is InChI=1S/C17H24O4/c1-14(8-7-11-17(18)20-3)16(19-2)13-21-12-15-9-5-4-6-10-15/h4-10,14,16H,11-13H2,1-3H3/b8-7+/t14-,16-/m1/s1. The molecule has 116 valence electrons. The normalized spacial score (nSPS) is 14.0. The number of carbonyl (C=O) groups excluding carboxylic acids is 1. The molecule has 0 bridgehead atoms. The Kier molecular flexibility index (Phi) is 8.40. The van der Waals surface area contributed by atoms with Crippen molar-refractivity contribution >= 4 is 5.97 Å². The first kappa shape index (κ1) is 17.4. The Morgan fingerprint density at radius 1 is 1.24 bits per heavy atom. The van der Waals surface area contributed by atoms with Crippen LogP contribution >= 0.6 is 0 Å². The second-order valence-corrected chi connectivity index (χ2v) is 4.84. The van der Waals surface area contributed by atoms with Crippen LogP contribution in [0.1, 0.15) is 18.9 Å². The largest absolute Gasteiger partial charge is 0.469 e. The maximum Gasteiger partial charge on any atom is 0.309 e. The summed E-state index contributed by atoms with van der Waals surface area (Å²) < 4.78 is 15.7. The number of rotatable bonds is 9. The summed E-state index contributed by atoms with van der Waals surface area (Å²) in [5.74, 6) is -0.0804. The third-order valence-electron chi connectivity index (χ3n) is 3.23. The van der Waals surface area contributed by atoms with Crippen LogP contribution in [0.2, 0.25) is 0 Å². The summed E-state index contributed by atoms with van der Waals surface area (Å²) in [6.07, 6.45) is 4.00. The summed E-state index contributed by atoms with van der Waals surface area (Å²) >= 11 is 0. The summed E-state index contributed by atoms with van der Waals surface area (Å²) in [5.41, 5.74) is 1.14. The van der Waals surface area contributed by atoms with Crippen LogP contribution in [0.5, 0.6) is 0 Å². The topological polar surface area (TPSA) is 44.8 Å². The second kappa shape index (κ2) is 10.1. The molecular weight excluding hydrogens is 268 g/mol. The predicted molar refractivity (Wildman–Crippen MR) is 81.8 cm³/mol. The van der Waals surface area contributed by atoms with Crippen molar-refractivity contribution in [1.82, 2.24) is 0 Å². The third kappa shape index (κ3) is 7.06. The summed E-state index contributed by atoms with van der Waals surface area (Å²) in [4.78, 5) is 11.0. The average molecular weight is 292 g/mol. The van der Waals surface area contributed by atoms with Crippen LogP contribution in [-0.4, -0.2) is 32.9 Å². The van der Waals surface area contributed by atoms with E-state index in [0.29, 0.717) is 13.2 Å². The Bertz CT molecular complexity index is 428. The second-order valence-electron chi connectivity index (χ2n) is 4.84. The van der Waals surface area contributed by atoms with Gasteiger partial charge in [0.25, 0.3) is 0 Å². The van der Waals surface area contributed by atoms with Gasteiger partial charge in [-0.05, 0) is 5.56 Å². The highest BCUT2D eigenvalue weighted by atomic mass is 16.5. The zero-order valence-electron chi connectivity index (χ0n) is 13.0. The van der Waals surface area contributed by atoms with Gasteiger partial charge in [0, 0.05) is 13.0 Å². The summed E-state index contributed by atoms with van der Waals surface area (Å²) in [6.45, 7) is 3.11. The molecule has 0 N–H and O–H groups in total. The number of benzene rings is 1. The molecule has 0 saturated heterocycles. The minimum Gasteiger partial charge on any atom is -0.469 e. The van der Waals surface area contributed by atoms with Gasteiger partial charge in [0.15, 0.2) is 0 Å². The number of hydrogen-bond acceptors (Lipinski definition) is 4. The molecule has 0 aliphatic rings. The number of hydrogen-bond donors (Lipinski definition) is 0. The number of carbonyl (C=O) groups is 1. The molecule has 21 heavy (non-hydrogen) atoms. The van der Waals surface area contributed by atoms with E-state index in [0.717, 1.165) is 5.56 Å². The molecule has 1 rings (SSSR count). The molecule has 1 aromatic rings. The Labute approximate surface area is 126 Å². The van der Waals surface area contributed by atoms with E-state index in [1.807, 2.05) is 43.3 Å². The fraction of sp³-hybridized carbons (Fsp3) is 0.471. The van der Waals surface area contributed by atoms with Crippen LogP contribution in [-0.2, 0) is 25.6 Å². The molecule has 4 heteroatoms. The molecule has 0 aliphatic heterocycles. The lowest BCUT2D eigenvalue weighted by molar-refractivity contribution is -0.139. The first-order chi connectivity index (χ1) is 10.2. The monoisotopic (exact) mass is 292 g/mol. The fourth-order valence-corrected chi connectivity index (χ4v) is 1.89. The minimum atomic E-state index is -0.243. The Morgan fingerprint density at radius 3 is 2.57 bits per heavy atom. The van der Waals surface area contributed by atoms with Gasteiger partial charge >= 0.3 is 5.97 Å². The molecule has 0 radical (unpaired) electrons. The van der Waals surface area contributed by atoms with Crippen LogP contribution in [0.25, 0.3) is 0 Å². The molecule has 2 atom stereocenters. The van der Waals surface area contributed by atoms with E-state index in [4.69, 9.17) is 9.47 Å². The Balaban J connectivity index is 2.34. The molecule has 0 aromatic heterocycles. The van der Waals surface area contributed by atoms with Gasteiger partial charge in [-0.2, -0.15) is 0 Å². The fourth-order valence-electron chi connectivity index (χ4n) is 1.89. The Hall–Kier alpha value is -1.65. The van der Waals surface area contributed by atoms with Gasteiger partial charge in [0.2, 0.25) is 0 Å². The summed E-state index contributed by atoms with van der Waals surface area (Å²) in [7, 11) is 3.05. The van der Waals surface area contributed by atoms with E-state index in [1.54, 1.807) is 13.2 Å². The van der Waals surface area contributed by atoms with E-state index < -0.39 is 0 Å². The highest BCUT2D eigenvalue weighted by Crippen LogP contribution is 2.11. The van der Waals surface area contributed by atoms with Crippen molar-refractivity contribution in [1.29, 1.82) is 0 Å². The van der Waals surface area contributed by atoms with E-state index in [2.05, 4.69) is 4.74 Å². The summed E-state index contributed by atoms with van der Waals surface area (Å²) in [5, 5.41) is 0. The van der Waals surface area contributed by atoms with E-state index >= 15 is 0 Å². The van der Waals surface area contributed by atoms with Crippen LogP contribution < -0.4 is 0 Å². The lowest BCUT2D eigenvalue weighted by Crippen LogP contribution is -2.25. The zero-order chi connectivity index (χ0) is 15.5. The molecule has 0 aliphatic carbocycles. The smallest absolute Gasteiger partial charge is 0.309 e. The van der Waals surface area contributed by atoms with Crippen LogP contribution in [0, 0.1) is 5.92 Å². The van der Waals surface area contributed by atoms with E-state index in [9.17, 15) is 4.79 Å². The van der Waals surface area contributed by atoms with E-state index in [1.165, 1.54) is 7.11 Å². The van der Waals surface area contributed by atoms with Gasteiger partial charge in [-0.15, -0.1) is 0 Å². The summed E-state index contributed by atoms with van der Waals surface area (Å²) in [6, 6.07) is 10.0. The van der Waals surface area contributed by atoms with Crippen LogP contribution in [0.3, 0.4) is 0 Å². The van der Waals surface area contributed by atoms with Gasteiger partial charge < -0.3 is 14.2 Å². The van der Waals surface area contributed by atoms with Crippen molar-refractivity contribution in [2.45, 2.75) is 26.1 Å². The lowest BCUT2D eigenvalue weighted by Gasteiger charge is -2.20. The van der Waals surface area contributed by atoms with E-state index in [-0.39, 0.29) is 24.4 Å². The van der Waals surface area contributed by atoms with Crippen molar-refractivity contribution in [2.75, 3.05) is 20.8 Å². The minimum absolute atomic E-state index is 0.0393. The van der Waals surface area contributed by atoms with Crippen LogP contribution in [0.15, 0.2) is 42.5 Å². The first-order valence-corrected chi connectivity index (χ1v) is 7.05. The molecule has 1 aromatic carbocycles. The van der Waals surface area contributed by atoms with Gasteiger partial charge in [-0.1, -0.05) is 49.4 Å². The average Bonchev–Trinajstić information content (AvgIpc) is 2.52. The van der Waals surface area contributed by atoms with Crippen molar-refractivity contribution in [3.8, 4) is 0 Å². The third-order valence-corrected chi connectivity index (χ3v) is 3.23. The predicted octanol–water partition coefficient (Wildman–Crippen LogP) is 2.97. The molecular formula is C17H24O4. The highest BCUT2D eigenvalue weighted by molar-refractivity contribution is 5.70.